The highest BCUT2D eigenvalue weighted by molar-refractivity contribution is 5.89. The molecule has 1 saturated carbocycles. The van der Waals surface area contributed by atoms with Crippen molar-refractivity contribution < 1.29 is 9.59 Å². The maximum atomic E-state index is 12.2. The molecule has 1 aliphatic heterocycles. The highest BCUT2D eigenvalue weighted by Crippen LogP contribution is 2.32. The molecule has 1 aromatic rings. The fourth-order valence-corrected chi connectivity index (χ4v) is 2.65. The van der Waals surface area contributed by atoms with Crippen LogP contribution in [0.25, 0.3) is 0 Å². The molecule has 2 unspecified atom stereocenters. The van der Waals surface area contributed by atoms with Crippen molar-refractivity contribution in [2.24, 2.45) is 11.8 Å². The van der Waals surface area contributed by atoms with E-state index in [-0.39, 0.29) is 23.8 Å². The van der Waals surface area contributed by atoms with Crippen molar-refractivity contribution in [2.45, 2.75) is 32.2 Å². The molecular formula is C14H20N4O2. The maximum absolute atomic E-state index is 12.2. The van der Waals surface area contributed by atoms with Gasteiger partial charge in [0, 0.05) is 31.9 Å². The van der Waals surface area contributed by atoms with Crippen LogP contribution in [0.3, 0.4) is 0 Å². The number of rotatable bonds is 5. The third kappa shape index (κ3) is 2.84. The monoisotopic (exact) mass is 276 g/mol. The third-order valence-electron chi connectivity index (χ3n) is 4.05. The van der Waals surface area contributed by atoms with Gasteiger partial charge >= 0.3 is 0 Å². The molecule has 2 N–H and O–H groups in total. The van der Waals surface area contributed by atoms with Crippen LogP contribution in [0.15, 0.2) is 12.4 Å². The van der Waals surface area contributed by atoms with Gasteiger partial charge in [0.25, 0.3) is 0 Å². The molecule has 108 valence electrons. The molecule has 2 atom stereocenters. The van der Waals surface area contributed by atoms with Gasteiger partial charge in [0.05, 0.1) is 12.0 Å². The molecule has 1 aliphatic carbocycles. The van der Waals surface area contributed by atoms with Crippen LogP contribution in [-0.2, 0) is 9.59 Å². The summed E-state index contributed by atoms with van der Waals surface area (Å²) < 4.78 is 0. The van der Waals surface area contributed by atoms with E-state index in [2.05, 4.69) is 15.3 Å². The summed E-state index contributed by atoms with van der Waals surface area (Å²) in [6.07, 6.45) is 6.17. The van der Waals surface area contributed by atoms with Crippen LogP contribution in [0.2, 0.25) is 0 Å². The molecule has 6 heteroatoms. The first-order valence-corrected chi connectivity index (χ1v) is 7.21. The molecule has 3 rings (SSSR count). The highest BCUT2D eigenvalue weighted by atomic mass is 16.2. The summed E-state index contributed by atoms with van der Waals surface area (Å²) in [4.78, 5) is 33.1. The van der Waals surface area contributed by atoms with E-state index in [4.69, 9.17) is 0 Å². The maximum Gasteiger partial charge on any atom is 0.226 e. The van der Waals surface area contributed by atoms with E-state index in [0.717, 1.165) is 12.4 Å². The number of nitrogens with one attached hydrogen (secondary N) is 2. The molecule has 0 radical (unpaired) electrons. The first-order chi connectivity index (χ1) is 9.63. The van der Waals surface area contributed by atoms with Crippen LogP contribution < -0.4 is 5.32 Å². The van der Waals surface area contributed by atoms with Gasteiger partial charge in [0.1, 0.15) is 5.82 Å². The summed E-state index contributed by atoms with van der Waals surface area (Å²) >= 11 is 0. The van der Waals surface area contributed by atoms with Crippen LogP contribution >= 0.6 is 0 Å². The molecule has 2 aliphatic rings. The number of H-pyrrole nitrogens is 1. The minimum atomic E-state index is -0.223. The number of aromatic nitrogens is 2. The topological polar surface area (TPSA) is 78.1 Å². The Bertz CT molecular complexity index is 495. The number of likely N-dealkylation sites (tertiary alicyclic amines) is 1. The Hall–Kier alpha value is -1.85. The largest absolute Gasteiger partial charge is 0.347 e. The molecule has 20 heavy (non-hydrogen) atoms. The van der Waals surface area contributed by atoms with Crippen LogP contribution in [0.4, 0.5) is 0 Å². The van der Waals surface area contributed by atoms with Crippen molar-refractivity contribution in [1.82, 2.24) is 20.2 Å². The molecule has 0 spiro atoms. The predicted molar refractivity (Wildman–Crippen MR) is 72.6 cm³/mol. The molecule has 2 fully saturated rings. The SMILES string of the molecule is CC(NC(=O)C1CC(=O)N(CC2CC2)C1)c1ncc[nH]1. The first kappa shape index (κ1) is 13.1. The Morgan fingerprint density at radius 3 is 3.05 bits per heavy atom. The first-order valence-electron chi connectivity index (χ1n) is 7.21. The summed E-state index contributed by atoms with van der Waals surface area (Å²) in [5, 5.41) is 2.92. The van der Waals surface area contributed by atoms with Crippen molar-refractivity contribution in [3.05, 3.63) is 18.2 Å². The number of aromatic amines is 1. The molecule has 0 bridgehead atoms. The van der Waals surface area contributed by atoms with Crippen molar-refractivity contribution >= 4 is 11.8 Å². The Labute approximate surface area is 117 Å². The molecule has 2 amide bonds. The Balaban J connectivity index is 1.53. The van der Waals surface area contributed by atoms with Crippen molar-refractivity contribution in [3.63, 3.8) is 0 Å². The van der Waals surface area contributed by atoms with E-state index in [1.807, 2.05) is 11.8 Å². The standard InChI is InChI=1S/C14H20N4O2/c1-9(13-15-4-5-16-13)17-14(20)11-6-12(19)18(8-11)7-10-2-3-10/h4-5,9-11H,2-3,6-8H2,1H3,(H,15,16)(H,17,20). The summed E-state index contributed by atoms with van der Waals surface area (Å²) in [5.41, 5.74) is 0. The smallest absolute Gasteiger partial charge is 0.226 e. The summed E-state index contributed by atoms with van der Waals surface area (Å²) in [7, 11) is 0. The molecule has 1 saturated heterocycles. The number of hydrogen-bond donors (Lipinski definition) is 2. The fraction of sp³-hybridized carbons (Fsp3) is 0.643. The molecule has 2 heterocycles. The second-order valence-electron chi connectivity index (χ2n) is 5.85. The second-order valence-corrected chi connectivity index (χ2v) is 5.85. The van der Waals surface area contributed by atoms with Gasteiger partial charge in [0.2, 0.25) is 11.8 Å². The Morgan fingerprint density at radius 2 is 2.40 bits per heavy atom. The van der Waals surface area contributed by atoms with Crippen LogP contribution in [-0.4, -0.2) is 39.8 Å². The summed E-state index contributed by atoms with van der Waals surface area (Å²) in [6.45, 7) is 3.28. The van der Waals surface area contributed by atoms with Gasteiger partial charge in [-0.3, -0.25) is 9.59 Å². The van der Waals surface area contributed by atoms with Gasteiger partial charge in [-0.05, 0) is 25.7 Å². The van der Waals surface area contributed by atoms with E-state index >= 15 is 0 Å². The molecular weight excluding hydrogens is 256 g/mol. The van der Waals surface area contributed by atoms with Crippen molar-refractivity contribution in [1.29, 1.82) is 0 Å². The van der Waals surface area contributed by atoms with Gasteiger partial charge in [-0.15, -0.1) is 0 Å². The average Bonchev–Trinajstić information content (AvgIpc) is 2.91. The lowest BCUT2D eigenvalue weighted by atomic mass is 10.1. The predicted octanol–water partition coefficient (Wildman–Crippen LogP) is 0.845. The number of carbonyl (C=O) groups is 2. The number of nitrogens with zero attached hydrogens (tertiary/aromatic N) is 2. The van der Waals surface area contributed by atoms with E-state index in [1.54, 1.807) is 12.4 Å². The zero-order chi connectivity index (χ0) is 14.1. The summed E-state index contributed by atoms with van der Waals surface area (Å²) in [6, 6.07) is -0.162. The number of carbonyl (C=O) groups excluding carboxylic acids is 2. The van der Waals surface area contributed by atoms with Crippen LogP contribution in [0.5, 0.6) is 0 Å². The lowest BCUT2D eigenvalue weighted by molar-refractivity contribution is -0.129. The van der Waals surface area contributed by atoms with E-state index < -0.39 is 0 Å². The third-order valence-corrected chi connectivity index (χ3v) is 4.05. The normalized spacial score (nSPS) is 23.9. The van der Waals surface area contributed by atoms with Crippen LogP contribution in [0, 0.1) is 11.8 Å². The van der Waals surface area contributed by atoms with Gasteiger partial charge in [-0.25, -0.2) is 4.98 Å². The molecule has 6 nitrogen and oxygen atoms in total. The van der Waals surface area contributed by atoms with Gasteiger partial charge in [0.15, 0.2) is 0 Å². The zero-order valence-electron chi connectivity index (χ0n) is 11.6. The van der Waals surface area contributed by atoms with Crippen molar-refractivity contribution in [2.75, 3.05) is 13.1 Å². The lowest BCUT2D eigenvalue weighted by Gasteiger charge is -2.17. The molecule has 0 aromatic carbocycles. The zero-order valence-corrected chi connectivity index (χ0v) is 11.6. The van der Waals surface area contributed by atoms with E-state index in [9.17, 15) is 9.59 Å². The quantitative estimate of drug-likeness (QED) is 0.836. The Kier molecular flexibility index (Phi) is 3.46. The summed E-state index contributed by atoms with van der Waals surface area (Å²) in [5.74, 6) is 1.24. The van der Waals surface area contributed by atoms with Crippen LogP contribution in [0.1, 0.15) is 38.1 Å². The minimum absolute atomic E-state index is 0.0550. The van der Waals surface area contributed by atoms with Gasteiger partial charge in [-0.2, -0.15) is 0 Å². The van der Waals surface area contributed by atoms with E-state index in [0.29, 0.717) is 18.9 Å². The number of imidazole rings is 1. The average molecular weight is 276 g/mol. The van der Waals surface area contributed by atoms with Crippen molar-refractivity contribution in [3.8, 4) is 0 Å². The highest BCUT2D eigenvalue weighted by Gasteiger charge is 2.37. The number of hydrogen-bond acceptors (Lipinski definition) is 3. The van der Waals surface area contributed by atoms with Gasteiger partial charge in [-0.1, -0.05) is 0 Å². The van der Waals surface area contributed by atoms with Gasteiger partial charge < -0.3 is 15.2 Å². The lowest BCUT2D eigenvalue weighted by Crippen LogP contribution is -2.35. The molecule has 1 aromatic heterocycles. The van der Waals surface area contributed by atoms with E-state index in [1.165, 1.54) is 12.8 Å². The second kappa shape index (κ2) is 5.26. The Morgan fingerprint density at radius 1 is 1.60 bits per heavy atom. The number of amides is 2. The minimum Gasteiger partial charge on any atom is -0.347 e. The fourth-order valence-electron chi connectivity index (χ4n) is 2.65.